The molecular weight excluding hydrogens is 368 g/mol. The van der Waals surface area contributed by atoms with E-state index in [0.717, 1.165) is 67.3 Å². The summed E-state index contributed by atoms with van der Waals surface area (Å²) in [6.45, 7) is 6.18. The number of hydrogen-bond donors (Lipinski definition) is 0. The van der Waals surface area contributed by atoms with Crippen molar-refractivity contribution in [2.24, 2.45) is 5.92 Å². The second-order valence-electron chi connectivity index (χ2n) is 7.62. The molecule has 1 aliphatic heterocycles. The van der Waals surface area contributed by atoms with E-state index in [4.69, 9.17) is 4.52 Å². The first-order valence-electron chi connectivity index (χ1n) is 10.1. The van der Waals surface area contributed by atoms with Crippen LogP contribution >= 0.6 is 0 Å². The predicted molar refractivity (Wildman–Crippen MR) is 107 cm³/mol. The van der Waals surface area contributed by atoms with Crippen LogP contribution in [0.4, 0.5) is 0 Å². The Morgan fingerprint density at radius 3 is 2.86 bits per heavy atom. The second kappa shape index (κ2) is 8.55. The van der Waals surface area contributed by atoms with Gasteiger partial charge in [-0.15, -0.1) is 0 Å². The Bertz CT molecular complexity index is 946. The molecule has 8 nitrogen and oxygen atoms in total. The van der Waals surface area contributed by atoms with Gasteiger partial charge in [0.2, 0.25) is 5.91 Å². The molecule has 3 aromatic heterocycles. The molecule has 29 heavy (non-hydrogen) atoms. The van der Waals surface area contributed by atoms with Gasteiger partial charge in [0.1, 0.15) is 5.76 Å². The normalized spacial score (nSPS) is 16.5. The smallest absolute Gasteiger partial charge is 0.222 e. The summed E-state index contributed by atoms with van der Waals surface area (Å²) in [6, 6.07) is 1.90. The fourth-order valence-electron chi connectivity index (χ4n) is 4.03. The van der Waals surface area contributed by atoms with Crippen molar-refractivity contribution in [1.29, 1.82) is 0 Å². The van der Waals surface area contributed by atoms with Gasteiger partial charge in [-0.3, -0.25) is 19.4 Å². The third-order valence-electron chi connectivity index (χ3n) is 5.50. The van der Waals surface area contributed by atoms with Crippen LogP contribution in [0.2, 0.25) is 0 Å². The number of aromatic nitrogens is 5. The molecule has 1 atom stereocenters. The van der Waals surface area contributed by atoms with Gasteiger partial charge in [0.05, 0.1) is 22.6 Å². The van der Waals surface area contributed by atoms with Gasteiger partial charge in [0.15, 0.2) is 0 Å². The molecule has 4 heterocycles. The molecule has 1 fully saturated rings. The standard InChI is InChI=1S/C21H26N6O2/c1-15-20(16(2)29-25-15)21-18(22-8-9-23-21)13-17-6-12-26(14-17)19(28)5-3-10-27-11-4-7-24-27/h4,7-9,11,17H,3,5-6,10,12-14H2,1-2H3/t17-/m0/s1. The maximum Gasteiger partial charge on any atom is 0.222 e. The lowest BCUT2D eigenvalue weighted by Gasteiger charge is -2.17. The van der Waals surface area contributed by atoms with E-state index in [1.165, 1.54) is 0 Å². The van der Waals surface area contributed by atoms with Crippen molar-refractivity contribution in [3.63, 3.8) is 0 Å². The van der Waals surface area contributed by atoms with E-state index >= 15 is 0 Å². The van der Waals surface area contributed by atoms with Gasteiger partial charge >= 0.3 is 0 Å². The second-order valence-corrected chi connectivity index (χ2v) is 7.62. The number of aryl methyl sites for hydroxylation is 3. The molecule has 0 bridgehead atoms. The van der Waals surface area contributed by atoms with Crippen LogP contribution in [0.1, 0.15) is 36.4 Å². The van der Waals surface area contributed by atoms with Crippen LogP contribution in [-0.4, -0.2) is 48.8 Å². The van der Waals surface area contributed by atoms with Crippen LogP contribution in [-0.2, 0) is 17.8 Å². The van der Waals surface area contributed by atoms with Crippen LogP contribution < -0.4 is 0 Å². The Labute approximate surface area is 169 Å². The first-order chi connectivity index (χ1) is 14.1. The minimum absolute atomic E-state index is 0.227. The van der Waals surface area contributed by atoms with Crippen LogP contribution in [0.25, 0.3) is 11.3 Å². The Morgan fingerprint density at radius 1 is 1.24 bits per heavy atom. The average Bonchev–Trinajstić information content (AvgIpc) is 3.45. The molecule has 0 spiro atoms. The highest BCUT2D eigenvalue weighted by atomic mass is 16.5. The van der Waals surface area contributed by atoms with E-state index in [0.29, 0.717) is 12.3 Å². The molecule has 1 aliphatic rings. The van der Waals surface area contributed by atoms with Gasteiger partial charge in [0.25, 0.3) is 0 Å². The zero-order valence-electron chi connectivity index (χ0n) is 16.9. The van der Waals surface area contributed by atoms with Gasteiger partial charge in [-0.2, -0.15) is 5.10 Å². The fraction of sp³-hybridized carbons (Fsp3) is 0.476. The molecule has 0 aliphatic carbocycles. The number of carbonyl (C=O) groups excluding carboxylic acids is 1. The highest BCUT2D eigenvalue weighted by Crippen LogP contribution is 2.30. The lowest BCUT2D eigenvalue weighted by molar-refractivity contribution is -0.130. The maximum atomic E-state index is 12.6. The fourth-order valence-corrected chi connectivity index (χ4v) is 4.03. The van der Waals surface area contributed by atoms with E-state index in [2.05, 4.69) is 20.2 Å². The monoisotopic (exact) mass is 394 g/mol. The summed E-state index contributed by atoms with van der Waals surface area (Å²) in [6.07, 6.45) is 10.3. The zero-order chi connectivity index (χ0) is 20.2. The molecule has 0 N–H and O–H groups in total. The van der Waals surface area contributed by atoms with Crippen LogP contribution in [0.15, 0.2) is 35.4 Å². The molecule has 0 saturated carbocycles. The van der Waals surface area contributed by atoms with Crippen molar-refractivity contribution in [2.75, 3.05) is 13.1 Å². The van der Waals surface area contributed by atoms with Gasteiger partial charge in [-0.05, 0) is 45.1 Å². The molecule has 4 rings (SSSR count). The molecule has 152 valence electrons. The van der Waals surface area contributed by atoms with Crippen LogP contribution in [0.5, 0.6) is 0 Å². The number of likely N-dealkylation sites (tertiary alicyclic amines) is 1. The quantitative estimate of drug-likeness (QED) is 0.612. The number of carbonyl (C=O) groups is 1. The molecule has 3 aromatic rings. The summed E-state index contributed by atoms with van der Waals surface area (Å²) in [5.41, 5.74) is 3.54. The number of rotatable bonds is 7. The number of hydrogen-bond acceptors (Lipinski definition) is 6. The van der Waals surface area contributed by atoms with Crippen molar-refractivity contribution in [1.82, 2.24) is 29.8 Å². The summed E-state index contributed by atoms with van der Waals surface area (Å²) in [7, 11) is 0. The van der Waals surface area contributed by atoms with Gasteiger partial charge in [-0.25, -0.2) is 0 Å². The molecule has 1 saturated heterocycles. The zero-order valence-corrected chi connectivity index (χ0v) is 16.9. The Balaban J connectivity index is 1.35. The van der Waals surface area contributed by atoms with Gasteiger partial charge in [-0.1, -0.05) is 5.16 Å². The summed E-state index contributed by atoms with van der Waals surface area (Å²) >= 11 is 0. The Morgan fingerprint density at radius 2 is 2.10 bits per heavy atom. The predicted octanol–water partition coefficient (Wildman–Crippen LogP) is 2.82. The van der Waals surface area contributed by atoms with E-state index in [-0.39, 0.29) is 5.91 Å². The van der Waals surface area contributed by atoms with Crippen LogP contribution in [0.3, 0.4) is 0 Å². The Kier molecular flexibility index (Phi) is 5.69. The number of nitrogens with zero attached hydrogens (tertiary/aromatic N) is 6. The van der Waals surface area contributed by atoms with Crippen molar-refractivity contribution < 1.29 is 9.32 Å². The summed E-state index contributed by atoms with van der Waals surface area (Å²) in [5.74, 6) is 1.37. The molecular formula is C21H26N6O2. The van der Waals surface area contributed by atoms with E-state index in [1.807, 2.05) is 35.7 Å². The maximum absolute atomic E-state index is 12.6. The summed E-state index contributed by atoms with van der Waals surface area (Å²) < 4.78 is 7.18. The molecule has 0 radical (unpaired) electrons. The lowest BCUT2D eigenvalue weighted by Crippen LogP contribution is -2.29. The van der Waals surface area contributed by atoms with E-state index in [9.17, 15) is 4.79 Å². The number of amides is 1. The largest absolute Gasteiger partial charge is 0.361 e. The van der Waals surface area contributed by atoms with Crippen molar-refractivity contribution >= 4 is 5.91 Å². The van der Waals surface area contributed by atoms with Crippen molar-refractivity contribution in [2.45, 2.75) is 46.1 Å². The lowest BCUT2D eigenvalue weighted by atomic mass is 9.98. The third-order valence-corrected chi connectivity index (χ3v) is 5.50. The van der Waals surface area contributed by atoms with Gasteiger partial charge < -0.3 is 9.42 Å². The highest BCUT2D eigenvalue weighted by molar-refractivity contribution is 5.76. The summed E-state index contributed by atoms with van der Waals surface area (Å²) in [5, 5.41) is 8.22. The minimum atomic E-state index is 0.227. The minimum Gasteiger partial charge on any atom is -0.361 e. The van der Waals surface area contributed by atoms with Crippen molar-refractivity contribution in [3.8, 4) is 11.3 Å². The van der Waals surface area contributed by atoms with Crippen molar-refractivity contribution in [3.05, 3.63) is 48.0 Å². The average molecular weight is 394 g/mol. The van der Waals surface area contributed by atoms with E-state index in [1.54, 1.807) is 18.6 Å². The van der Waals surface area contributed by atoms with Gasteiger partial charge in [0, 0.05) is 50.8 Å². The molecule has 1 amide bonds. The van der Waals surface area contributed by atoms with E-state index < -0.39 is 0 Å². The molecule has 8 heteroatoms. The SMILES string of the molecule is Cc1noc(C)c1-c1nccnc1C[C@@H]1CCN(C(=O)CCCn2cccn2)C1. The molecule has 0 unspecified atom stereocenters. The first-order valence-corrected chi connectivity index (χ1v) is 10.1. The Hall–Kier alpha value is -3.03. The topological polar surface area (TPSA) is 89.9 Å². The highest BCUT2D eigenvalue weighted by Gasteiger charge is 2.28. The third kappa shape index (κ3) is 4.36. The molecule has 0 aromatic carbocycles. The summed E-state index contributed by atoms with van der Waals surface area (Å²) in [4.78, 5) is 23.7. The van der Waals surface area contributed by atoms with Crippen LogP contribution in [0, 0.1) is 19.8 Å². The first kappa shape index (κ1) is 19.3.